The van der Waals surface area contributed by atoms with Crippen LogP contribution in [0.1, 0.15) is 46.5 Å². The highest BCUT2D eigenvalue weighted by Gasteiger charge is 2.14. The maximum absolute atomic E-state index is 12.8. The molecular formula is C27H30N2O3. The van der Waals surface area contributed by atoms with Gasteiger partial charge in [-0.3, -0.25) is 9.59 Å². The van der Waals surface area contributed by atoms with E-state index in [9.17, 15) is 9.59 Å². The van der Waals surface area contributed by atoms with E-state index >= 15 is 0 Å². The Balaban J connectivity index is 1.61. The molecule has 3 aromatic carbocycles. The second-order valence-electron chi connectivity index (χ2n) is 8.05. The predicted molar refractivity (Wildman–Crippen MR) is 128 cm³/mol. The maximum Gasteiger partial charge on any atom is 0.255 e. The van der Waals surface area contributed by atoms with E-state index in [1.54, 1.807) is 42.5 Å². The minimum atomic E-state index is -0.288. The van der Waals surface area contributed by atoms with Gasteiger partial charge in [0.2, 0.25) is 0 Å². The molecule has 166 valence electrons. The predicted octanol–water partition coefficient (Wildman–Crippen LogP) is 5.34. The number of anilines is 1. The number of nitrogens with one attached hydrogen (secondary N) is 2. The summed E-state index contributed by atoms with van der Waals surface area (Å²) in [5, 5.41) is 5.79. The summed E-state index contributed by atoms with van der Waals surface area (Å²) in [6.45, 7) is 5.40. The van der Waals surface area contributed by atoms with Gasteiger partial charge in [0, 0.05) is 12.1 Å². The van der Waals surface area contributed by atoms with Gasteiger partial charge in [-0.1, -0.05) is 62.4 Å². The molecule has 0 fully saturated rings. The quantitative estimate of drug-likeness (QED) is 0.456. The molecule has 0 bridgehead atoms. The first-order chi connectivity index (χ1) is 15.5. The summed E-state index contributed by atoms with van der Waals surface area (Å²) in [5.41, 5.74) is 2.54. The number of hydrogen-bond donors (Lipinski definition) is 2. The van der Waals surface area contributed by atoms with Crippen LogP contribution in [-0.2, 0) is 6.42 Å². The molecule has 2 N–H and O–H groups in total. The highest BCUT2D eigenvalue weighted by atomic mass is 16.5. The van der Waals surface area contributed by atoms with E-state index in [4.69, 9.17) is 4.74 Å². The van der Waals surface area contributed by atoms with Crippen molar-refractivity contribution in [2.75, 3.05) is 18.5 Å². The molecule has 2 amide bonds. The van der Waals surface area contributed by atoms with E-state index in [1.165, 1.54) is 0 Å². The van der Waals surface area contributed by atoms with Gasteiger partial charge in [0.1, 0.15) is 5.75 Å². The highest BCUT2D eigenvalue weighted by molar-refractivity contribution is 6.09. The lowest BCUT2D eigenvalue weighted by Crippen LogP contribution is -2.27. The molecule has 0 aliphatic rings. The second-order valence-corrected chi connectivity index (χ2v) is 8.05. The number of rotatable bonds is 10. The minimum Gasteiger partial charge on any atom is -0.494 e. The summed E-state index contributed by atoms with van der Waals surface area (Å²) in [4.78, 5) is 25.5. The van der Waals surface area contributed by atoms with Crippen molar-refractivity contribution in [1.29, 1.82) is 0 Å². The third kappa shape index (κ3) is 6.98. The highest BCUT2D eigenvalue weighted by Crippen LogP contribution is 2.19. The lowest BCUT2D eigenvalue weighted by molar-refractivity contribution is 0.0955. The fourth-order valence-electron chi connectivity index (χ4n) is 3.18. The normalized spacial score (nSPS) is 10.6. The Morgan fingerprint density at radius 2 is 1.62 bits per heavy atom. The van der Waals surface area contributed by atoms with Gasteiger partial charge in [-0.05, 0) is 54.7 Å². The van der Waals surface area contributed by atoms with Crippen LogP contribution < -0.4 is 15.4 Å². The smallest absolute Gasteiger partial charge is 0.255 e. The number of para-hydroxylation sites is 1. The molecule has 0 saturated carbocycles. The number of carbonyl (C=O) groups is 2. The van der Waals surface area contributed by atoms with Gasteiger partial charge in [-0.2, -0.15) is 0 Å². The van der Waals surface area contributed by atoms with E-state index in [2.05, 4.69) is 24.5 Å². The van der Waals surface area contributed by atoms with Crippen molar-refractivity contribution in [1.82, 2.24) is 5.32 Å². The molecule has 5 heteroatoms. The van der Waals surface area contributed by atoms with E-state index in [-0.39, 0.29) is 11.8 Å². The number of ether oxygens (including phenoxy) is 1. The van der Waals surface area contributed by atoms with Gasteiger partial charge in [-0.15, -0.1) is 0 Å². The minimum absolute atomic E-state index is 0.220. The number of amides is 2. The Kier molecular flexibility index (Phi) is 8.44. The monoisotopic (exact) mass is 430 g/mol. The van der Waals surface area contributed by atoms with Crippen molar-refractivity contribution >= 4 is 17.5 Å². The lowest BCUT2D eigenvalue weighted by atomic mass is 10.1. The zero-order chi connectivity index (χ0) is 22.8. The van der Waals surface area contributed by atoms with Crippen molar-refractivity contribution in [2.24, 2.45) is 5.92 Å². The van der Waals surface area contributed by atoms with Crippen molar-refractivity contribution in [3.05, 3.63) is 95.6 Å². The van der Waals surface area contributed by atoms with Crippen LogP contribution in [0.5, 0.6) is 5.75 Å². The molecule has 3 aromatic rings. The first-order valence-electron chi connectivity index (χ1n) is 11.0. The summed E-state index contributed by atoms with van der Waals surface area (Å²) < 4.78 is 5.76. The zero-order valence-electron chi connectivity index (χ0n) is 18.6. The van der Waals surface area contributed by atoms with Crippen LogP contribution in [0, 0.1) is 5.92 Å². The fourth-order valence-corrected chi connectivity index (χ4v) is 3.18. The van der Waals surface area contributed by atoms with Crippen LogP contribution in [0.3, 0.4) is 0 Å². The third-order valence-corrected chi connectivity index (χ3v) is 5.02. The van der Waals surface area contributed by atoms with Gasteiger partial charge in [-0.25, -0.2) is 0 Å². The molecule has 5 nitrogen and oxygen atoms in total. The summed E-state index contributed by atoms with van der Waals surface area (Å²) in [7, 11) is 0. The Morgan fingerprint density at radius 3 is 2.41 bits per heavy atom. The largest absolute Gasteiger partial charge is 0.494 e. The Bertz CT molecular complexity index is 1030. The Morgan fingerprint density at radius 1 is 0.875 bits per heavy atom. The van der Waals surface area contributed by atoms with Gasteiger partial charge in [0.25, 0.3) is 11.8 Å². The SMILES string of the molecule is CC(C)CCOc1cccc(C(=O)Nc2ccccc2C(=O)NCCc2ccccc2)c1. The summed E-state index contributed by atoms with van der Waals surface area (Å²) in [6.07, 6.45) is 1.69. The Labute approximate surface area is 189 Å². The van der Waals surface area contributed by atoms with Crippen LogP contribution in [-0.4, -0.2) is 25.0 Å². The average Bonchev–Trinajstić information content (AvgIpc) is 2.80. The van der Waals surface area contributed by atoms with E-state index < -0.39 is 0 Å². The average molecular weight is 431 g/mol. The molecule has 0 aromatic heterocycles. The molecule has 0 radical (unpaired) electrons. The van der Waals surface area contributed by atoms with Gasteiger partial charge >= 0.3 is 0 Å². The summed E-state index contributed by atoms with van der Waals surface area (Å²) >= 11 is 0. The summed E-state index contributed by atoms with van der Waals surface area (Å²) in [6, 6.07) is 24.1. The second kappa shape index (κ2) is 11.7. The van der Waals surface area contributed by atoms with Gasteiger partial charge < -0.3 is 15.4 Å². The van der Waals surface area contributed by atoms with Crippen LogP contribution in [0.4, 0.5) is 5.69 Å². The first kappa shape index (κ1) is 23.1. The van der Waals surface area contributed by atoms with Crippen molar-refractivity contribution in [2.45, 2.75) is 26.7 Å². The van der Waals surface area contributed by atoms with Crippen LogP contribution in [0.25, 0.3) is 0 Å². The van der Waals surface area contributed by atoms with Gasteiger partial charge in [0.05, 0.1) is 17.9 Å². The molecule has 0 atom stereocenters. The molecule has 0 spiro atoms. The third-order valence-electron chi connectivity index (χ3n) is 5.02. The molecule has 0 saturated heterocycles. The molecule has 0 aliphatic carbocycles. The molecule has 3 rings (SSSR count). The lowest BCUT2D eigenvalue weighted by Gasteiger charge is -2.13. The van der Waals surface area contributed by atoms with Crippen molar-refractivity contribution < 1.29 is 14.3 Å². The molecular weight excluding hydrogens is 400 g/mol. The first-order valence-corrected chi connectivity index (χ1v) is 11.0. The van der Waals surface area contributed by atoms with Crippen molar-refractivity contribution in [3.8, 4) is 5.75 Å². The van der Waals surface area contributed by atoms with Crippen LogP contribution in [0.15, 0.2) is 78.9 Å². The number of hydrogen-bond acceptors (Lipinski definition) is 3. The molecule has 32 heavy (non-hydrogen) atoms. The molecule has 0 aliphatic heterocycles. The van der Waals surface area contributed by atoms with E-state index in [0.717, 1.165) is 18.4 Å². The van der Waals surface area contributed by atoms with Gasteiger partial charge in [0.15, 0.2) is 0 Å². The number of benzene rings is 3. The maximum atomic E-state index is 12.8. The van der Waals surface area contributed by atoms with Crippen LogP contribution >= 0.6 is 0 Å². The molecule has 0 unspecified atom stereocenters. The zero-order valence-corrected chi connectivity index (χ0v) is 18.6. The fraction of sp³-hybridized carbons (Fsp3) is 0.259. The van der Waals surface area contributed by atoms with E-state index in [0.29, 0.717) is 41.6 Å². The van der Waals surface area contributed by atoms with Crippen molar-refractivity contribution in [3.63, 3.8) is 0 Å². The standard InChI is InChI=1S/C27H30N2O3/c1-20(2)16-18-32-23-12-8-11-22(19-23)26(30)29-25-14-7-6-13-24(25)27(31)28-17-15-21-9-4-3-5-10-21/h3-14,19-20H,15-18H2,1-2H3,(H,28,31)(H,29,30). The molecule has 0 heterocycles. The van der Waals surface area contributed by atoms with Crippen LogP contribution in [0.2, 0.25) is 0 Å². The number of carbonyl (C=O) groups excluding carboxylic acids is 2. The topological polar surface area (TPSA) is 67.4 Å². The van der Waals surface area contributed by atoms with E-state index in [1.807, 2.05) is 36.4 Å². The summed E-state index contributed by atoms with van der Waals surface area (Å²) in [5.74, 6) is 0.702. The Hall–Kier alpha value is -3.60.